The van der Waals surface area contributed by atoms with Gasteiger partial charge < -0.3 is 15.2 Å². The average molecular weight is 434 g/mol. The molecule has 2 heterocycles. The predicted octanol–water partition coefficient (Wildman–Crippen LogP) is 4.46. The normalized spacial score (nSPS) is 16.9. The number of benzene rings is 2. The lowest BCUT2D eigenvalue weighted by molar-refractivity contribution is 0.0944. The maximum Gasteiger partial charge on any atom is 0.267 e. The van der Waals surface area contributed by atoms with E-state index in [0.717, 1.165) is 27.9 Å². The number of fused-ring (bicyclic) bond motifs is 1. The van der Waals surface area contributed by atoms with Crippen molar-refractivity contribution in [2.24, 2.45) is 5.92 Å². The topological polar surface area (TPSA) is 48.1 Å². The lowest BCUT2D eigenvalue weighted by atomic mass is 10.1. The highest BCUT2D eigenvalue weighted by atomic mass is 79.9. The van der Waals surface area contributed by atoms with Crippen LogP contribution in [0.25, 0.3) is 10.9 Å². The number of amides is 1. The minimum atomic E-state index is -0.579. The first kappa shape index (κ1) is 18.0. The zero-order valence-corrected chi connectivity index (χ0v) is 16.0. The summed E-state index contributed by atoms with van der Waals surface area (Å²) in [6.07, 6.45) is 0.844. The molecule has 27 heavy (non-hydrogen) atoms. The molecule has 2 aromatic carbocycles. The highest BCUT2D eigenvalue weighted by Gasteiger charge is 2.25. The maximum absolute atomic E-state index is 13.9. The Hall–Kier alpha value is -2.41. The third-order valence-corrected chi connectivity index (χ3v) is 5.41. The van der Waals surface area contributed by atoms with Crippen molar-refractivity contribution in [3.05, 3.63) is 64.3 Å². The Morgan fingerprint density at radius 3 is 2.89 bits per heavy atom. The molecule has 0 spiro atoms. The van der Waals surface area contributed by atoms with Gasteiger partial charge in [0.2, 0.25) is 0 Å². The van der Waals surface area contributed by atoms with Gasteiger partial charge in [0.05, 0.1) is 5.69 Å². The van der Waals surface area contributed by atoms with E-state index in [4.69, 9.17) is 0 Å². The van der Waals surface area contributed by atoms with Crippen LogP contribution in [-0.4, -0.2) is 30.5 Å². The largest absolute Gasteiger partial charge is 0.369 e. The van der Waals surface area contributed by atoms with Gasteiger partial charge in [0.1, 0.15) is 17.3 Å². The number of aromatic amines is 1. The third-order valence-electron chi connectivity index (χ3n) is 4.91. The highest BCUT2D eigenvalue weighted by Crippen LogP contribution is 2.26. The molecule has 3 aromatic rings. The first-order valence-corrected chi connectivity index (χ1v) is 9.55. The van der Waals surface area contributed by atoms with Gasteiger partial charge in [-0.15, -0.1) is 0 Å². The number of carbonyl (C=O) groups excluding carboxylic acids is 1. The van der Waals surface area contributed by atoms with Gasteiger partial charge >= 0.3 is 0 Å². The van der Waals surface area contributed by atoms with Crippen LogP contribution < -0.4 is 10.2 Å². The van der Waals surface area contributed by atoms with Crippen LogP contribution in [0, 0.1) is 17.6 Å². The van der Waals surface area contributed by atoms with Gasteiger partial charge in [0, 0.05) is 41.1 Å². The number of H-pyrrole nitrogens is 1. The molecule has 4 nitrogen and oxygen atoms in total. The summed E-state index contributed by atoms with van der Waals surface area (Å²) in [6, 6.07) is 11.2. The van der Waals surface area contributed by atoms with Crippen molar-refractivity contribution in [2.75, 3.05) is 24.5 Å². The number of nitrogens with one attached hydrogen (secondary N) is 2. The second kappa shape index (κ2) is 7.31. The van der Waals surface area contributed by atoms with Crippen molar-refractivity contribution in [2.45, 2.75) is 6.42 Å². The molecule has 0 radical (unpaired) electrons. The molecule has 0 aliphatic carbocycles. The van der Waals surface area contributed by atoms with E-state index in [2.05, 4.69) is 26.2 Å². The lowest BCUT2D eigenvalue weighted by Crippen LogP contribution is -2.31. The van der Waals surface area contributed by atoms with Crippen LogP contribution in [0.5, 0.6) is 0 Å². The van der Waals surface area contributed by atoms with E-state index in [1.165, 1.54) is 12.1 Å². The van der Waals surface area contributed by atoms with Gasteiger partial charge in [-0.1, -0.05) is 15.9 Å². The molecule has 7 heteroatoms. The number of hydrogen-bond donors (Lipinski definition) is 2. The van der Waals surface area contributed by atoms with E-state index in [-0.39, 0.29) is 11.8 Å². The summed E-state index contributed by atoms with van der Waals surface area (Å²) in [6.45, 7) is 1.82. The average Bonchev–Trinajstić information content (AvgIpc) is 3.26. The molecule has 1 saturated heterocycles. The SMILES string of the molecule is O=C(NCC1CCN(c2ccc(F)cc2F)C1)c1cc2cc(Br)ccc2[nH]1. The molecule has 0 bridgehead atoms. The molecule has 1 amide bonds. The van der Waals surface area contributed by atoms with E-state index >= 15 is 0 Å². The van der Waals surface area contributed by atoms with Crippen LogP contribution in [-0.2, 0) is 0 Å². The van der Waals surface area contributed by atoms with Crippen LogP contribution in [0.3, 0.4) is 0 Å². The second-order valence-electron chi connectivity index (χ2n) is 6.82. The molecule has 1 fully saturated rings. The van der Waals surface area contributed by atoms with Crippen molar-refractivity contribution < 1.29 is 13.6 Å². The molecule has 1 atom stereocenters. The summed E-state index contributed by atoms with van der Waals surface area (Å²) >= 11 is 3.42. The molecule has 1 unspecified atom stereocenters. The fraction of sp³-hybridized carbons (Fsp3) is 0.250. The third kappa shape index (κ3) is 3.83. The van der Waals surface area contributed by atoms with Gasteiger partial charge in [0.25, 0.3) is 5.91 Å². The zero-order chi connectivity index (χ0) is 19.0. The van der Waals surface area contributed by atoms with Crippen LogP contribution in [0.1, 0.15) is 16.9 Å². The Bertz CT molecular complexity index is 1000. The van der Waals surface area contributed by atoms with Crippen LogP contribution in [0.15, 0.2) is 46.9 Å². The predicted molar refractivity (Wildman–Crippen MR) is 105 cm³/mol. The Labute approximate surface area is 163 Å². The van der Waals surface area contributed by atoms with Crippen molar-refractivity contribution in [3.63, 3.8) is 0 Å². The highest BCUT2D eigenvalue weighted by molar-refractivity contribution is 9.10. The minimum absolute atomic E-state index is 0.159. The summed E-state index contributed by atoms with van der Waals surface area (Å²) in [5.41, 5.74) is 1.83. The number of aromatic nitrogens is 1. The number of hydrogen-bond acceptors (Lipinski definition) is 2. The Morgan fingerprint density at radius 2 is 2.07 bits per heavy atom. The van der Waals surface area contributed by atoms with Crippen molar-refractivity contribution in [1.82, 2.24) is 10.3 Å². The second-order valence-corrected chi connectivity index (χ2v) is 7.74. The molecule has 1 aliphatic heterocycles. The molecular formula is C20H18BrF2N3O. The minimum Gasteiger partial charge on any atom is -0.369 e. The van der Waals surface area contributed by atoms with Crippen LogP contribution >= 0.6 is 15.9 Å². The summed E-state index contributed by atoms with van der Waals surface area (Å²) in [5.74, 6) is -1.07. The fourth-order valence-electron chi connectivity index (χ4n) is 3.51. The molecule has 2 N–H and O–H groups in total. The molecule has 0 saturated carbocycles. The maximum atomic E-state index is 13.9. The number of nitrogens with zero attached hydrogens (tertiary/aromatic N) is 1. The molecule has 140 valence electrons. The van der Waals surface area contributed by atoms with Crippen LogP contribution in [0.4, 0.5) is 14.5 Å². The first-order valence-electron chi connectivity index (χ1n) is 8.76. The summed E-state index contributed by atoms with van der Waals surface area (Å²) in [5, 5.41) is 3.92. The van der Waals surface area contributed by atoms with E-state index in [1.807, 2.05) is 29.2 Å². The van der Waals surface area contributed by atoms with E-state index in [1.54, 1.807) is 0 Å². The number of rotatable bonds is 4. The smallest absolute Gasteiger partial charge is 0.267 e. The zero-order valence-electron chi connectivity index (χ0n) is 14.4. The van der Waals surface area contributed by atoms with E-state index in [9.17, 15) is 13.6 Å². The lowest BCUT2D eigenvalue weighted by Gasteiger charge is -2.19. The van der Waals surface area contributed by atoms with Gasteiger partial charge in [-0.05, 0) is 48.7 Å². The van der Waals surface area contributed by atoms with Crippen molar-refractivity contribution in [3.8, 4) is 0 Å². The number of carbonyl (C=O) groups is 1. The Kier molecular flexibility index (Phi) is 4.86. The molecule has 1 aliphatic rings. The monoisotopic (exact) mass is 433 g/mol. The van der Waals surface area contributed by atoms with Gasteiger partial charge in [-0.2, -0.15) is 0 Å². The standard InChI is InChI=1S/C20H18BrF2N3O/c21-14-1-3-17-13(7-14)8-18(25-17)20(27)24-10-12-5-6-26(11-12)19-4-2-15(22)9-16(19)23/h1-4,7-9,12,25H,5-6,10-11H2,(H,24,27). The van der Waals surface area contributed by atoms with Crippen molar-refractivity contribution >= 4 is 38.4 Å². The quantitative estimate of drug-likeness (QED) is 0.637. The van der Waals surface area contributed by atoms with Crippen molar-refractivity contribution in [1.29, 1.82) is 0 Å². The van der Waals surface area contributed by atoms with Gasteiger partial charge in [-0.25, -0.2) is 8.78 Å². The van der Waals surface area contributed by atoms with E-state index in [0.29, 0.717) is 31.0 Å². The van der Waals surface area contributed by atoms with E-state index < -0.39 is 11.6 Å². The first-order chi connectivity index (χ1) is 13.0. The molecular weight excluding hydrogens is 416 g/mol. The van der Waals surface area contributed by atoms with Gasteiger partial charge in [0.15, 0.2) is 0 Å². The summed E-state index contributed by atoms with van der Waals surface area (Å²) < 4.78 is 28.0. The summed E-state index contributed by atoms with van der Waals surface area (Å²) in [7, 11) is 0. The molecule has 4 rings (SSSR count). The van der Waals surface area contributed by atoms with Crippen LogP contribution in [0.2, 0.25) is 0 Å². The number of anilines is 1. The molecule has 1 aromatic heterocycles. The summed E-state index contributed by atoms with van der Waals surface area (Å²) in [4.78, 5) is 17.4. The fourth-order valence-corrected chi connectivity index (χ4v) is 3.89. The Balaban J connectivity index is 1.36. The number of halogens is 3. The van der Waals surface area contributed by atoms with Gasteiger partial charge in [-0.3, -0.25) is 4.79 Å². The Morgan fingerprint density at radius 1 is 1.22 bits per heavy atom.